The number of thiophene rings is 1. The molecule has 114 valence electrons. The predicted molar refractivity (Wildman–Crippen MR) is 86.6 cm³/mol. The lowest BCUT2D eigenvalue weighted by Crippen LogP contribution is -2.11. The second-order valence-corrected chi connectivity index (χ2v) is 5.96. The molecule has 1 heterocycles. The van der Waals surface area contributed by atoms with Gasteiger partial charge in [-0.2, -0.15) is 0 Å². The molecular formula is C16H13ClO4S. The van der Waals surface area contributed by atoms with Crippen LogP contribution >= 0.6 is 22.9 Å². The van der Waals surface area contributed by atoms with Crippen molar-refractivity contribution in [2.24, 2.45) is 0 Å². The van der Waals surface area contributed by atoms with E-state index >= 15 is 0 Å². The smallest absolute Gasteiger partial charge is 0.331 e. The molecule has 0 fully saturated rings. The summed E-state index contributed by atoms with van der Waals surface area (Å²) in [7, 11) is 1.58. The summed E-state index contributed by atoms with van der Waals surface area (Å²) < 4.78 is 10.5. The lowest BCUT2D eigenvalue weighted by Gasteiger charge is -2.00. The number of ketones is 1. The highest BCUT2D eigenvalue weighted by atomic mass is 35.5. The van der Waals surface area contributed by atoms with Crippen LogP contribution in [-0.2, 0) is 9.53 Å². The van der Waals surface area contributed by atoms with E-state index in [1.165, 1.54) is 6.08 Å². The van der Waals surface area contributed by atoms with Crippen molar-refractivity contribution in [2.75, 3.05) is 13.7 Å². The van der Waals surface area contributed by atoms with E-state index in [0.717, 1.165) is 22.6 Å². The summed E-state index contributed by atoms with van der Waals surface area (Å²) in [5, 5.41) is 0. The number of esters is 1. The SMILES string of the molecule is COc1ccc(/C=C/C(=O)OCC(=O)c2ccc(Cl)s2)cc1. The summed E-state index contributed by atoms with van der Waals surface area (Å²) >= 11 is 6.90. The Balaban J connectivity index is 1.84. The first kappa shape index (κ1) is 16.3. The molecule has 2 rings (SSSR count). The Morgan fingerprint density at radius 1 is 1.18 bits per heavy atom. The van der Waals surface area contributed by atoms with Crippen molar-refractivity contribution < 1.29 is 19.1 Å². The summed E-state index contributed by atoms with van der Waals surface area (Å²) in [6.45, 7) is -0.303. The molecule has 0 aliphatic heterocycles. The van der Waals surface area contributed by atoms with Crippen LogP contribution in [-0.4, -0.2) is 25.5 Å². The van der Waals surface area contributed by atoms with Gasteiger partial charge in [0.1, 0.15) is 5.75 Å². The minimum Gasteiger partial charge on any atom is -0.497 e. The van der Waals surface area contributed by atoms with Gasteiger partial charge in [0.05, 0.1) is 16.3 Å². The minimum absolute atomic E-state index is 0.275. The molecule has 0 aliphatic carbocycles. The molecule has 0 radical (unpaired) electrons. The molecule has 1 aromatic heterocycles. The third-order valence-electron chi connectivity index (χ3n) is 2.72. The fourth-order valence-corrected chi connectivity index (χ4v) is 2.57. The molecule has 0 bridgehead atoms. The van der Waals surface area contributed by atoms with Crippen LogP contribution in [0.1, 0.15) is 15.2 Å². The number of benzene rings is 1. The van der Waals surface area contributed by atoms with E-state index in [4.69, 9.17) is 21.1 Å². The Labute approximate surface area is 136 Å². The Bertz CT molecular complexity index is 688. The fourth-order valence-electron chi connectivity index (χ4n) is 1.60. The van der Waals surface area contributed by atoms with E-state index in [1.54, 1.807) is 49.6 Å². The first-order valence-corrected chi connectivity index (χ1v) is 7.55. The maximum absolute atomic E-state index is 11.7. The van der Waals surface area contributed by atoms with Crippen LogP contribution < -0.4 is 4.74 Å². The molecule has 0 unspecified atom stereocenters. The van der Waals surface area contributed by atoms with Gasteiger partial charge in [0.15, 0.2) is 6.61 Å². The van der Waals surface area contributed by atoms with Crippen molar-refractivity contribution >= 4 is 40.8 Å². The van der Waals surface area contributed by atoms with Gasteiger partial charge in [0, 0.05) is 6.08 Å². The molecule has 6 heteroatoms. The Morgan fingerprint density at radius 2 is 1.91 bits per heavy atom. The fraction of sp³-hybridized carbons (Fsp3) is 0.125. The van der Waals surface area contributed by atoms with Crippen LogP contribution in [0.3, 0.4) is 0 Å². The number of hydrogen-bond donors (Lipinski definition) is 0. The van der Waals surface area contributed by atoms with Gasteiger partial charge in [-0.1, -0.05) is 23.7 Å². The highest BCUT2D eigenvalue weighted by molar-refractivity contribution is 7.18. The highest BCUT2D eigenvalue weighted by Gasteiger charge is 2.10. The summed E-state index contributed by atoms with van der Waals surface area (Å²) in [6.07, 6.45) is 2.88. The zero-order chi connectivity index (χ0) is 15.9. The predicted octanol–water partition coefficient (Wildman–Crippen LogP) is 3.85. The van der Waals surface area contributed by atoms with Crippen molar-refractivity contribution in [2.45, 2.75) is 0 Å². The highest BCUT2D eigenvalue weighted by Crippen LogP contribution is 2.21. The van der Waals surface area contributed by atoms with E-state index in [9.17, 15) is 9.59 Å². The normalized spacial score (nSPS) is 10.6. The van der Waals surface area contributed by atoms with Crippen LogP contribution in [0.2, 0.25) is 4.34 Å². The second-order valence-electron chi connectivity index (χ2n) is 4.24. The standard InChI is InChI=1S/C16H13ClO4S/c1-20-12-5-2-11(3-6-12)4-9-16(19)21-10-13(18)14-7-8-15(17)22-14/h2-9H,10H2,1H3/b9-4+. The molecule has 2 aromatic rings. The molecular weight excluding hydrogens is 324 g/mol. The van der Waals surface area contributed by atoms with Crippen molar-refractivity contribution in [1.29, 1.82) is 0 Å². The van der Waals surface area contributed by atoms with Crippen molar-refractivity contribution in [1.82, 2.24) is 0 Å². The third-order valence-corrected chi connectivity index (χ3v) is 3.99. The monoisotopic (exact) mass is 336 g/mol. The van der Waals surface area contributed by atoms with Gasteiger partial charge in [-0.3, -0.25) is 4.79 Å². The first-order valence-electron chi connectivity index (χ1n) is 6.36. The molecule has 0 saturated carbocycles. The van der Waals surface area contributed by atoms with Gasteiger partial charge in [-0.25, -0.2) is 4.79 Å². The average Bonchev–Trinajstić information content (AvgIpc) is 2.97. The summed E-state index contributed by atoms with van der Waals surface area (Å²) in [4.78, 5) is 23.8. The summed E-state index contributed by atoms with van der Waals surface area (Å²) in [5.41, 5.74) is 0.828. The van der Waals surface area contributed by atoms with Gasteiger partial charge in [0.25, 0.3) is 0 Å². The van der Waals surface area contributed by atoms with E-state index in [1.807, 2.05) is 0 Å². The van der Waals surface area contributed by atoms with E-state index in [0.29, 0.717) is 9.21 Å². The Morgan fingerprint density at radius 3 is 2.50 bits per heavy atom. The summed E-state index contributed by atoms with van der Waals surface area (Å²) in [5.74, 6) is -0.116. The van der Waals surface area contributed by atoms with Gasteiger partial charge in [0.2, 0.25) is 5.78 Å². The van der Waals surface area contributed by atoms with E-state index in [2.05, 4.69) is 0 Å². The quantitative estimate of drug-likeness (QED) is 0.457. The zero-order valence-corrected chi connectivity index (χ0v) is 13.3. The third kappa shape index (κ3) is 4.72. The number of carbonyl (C=O) groups excluding carboxylic acids is 2. The molecule has 22 heavy (non-hydrogen) atoms. The molecule has 0 atom stereocenters. The lowest BCUT2D eigenvalue weighted by molar-refractivity contribution is -0.136. The van der Waals surface area contributed by atoms with E-state index in [-0.39, 0.29) is 12.4 Å². The Hall–Kier alpha value is -2.11. The van der Waals surface area contributed by atoms with Crippen LogP contribution in [0.4, 0.5) is 0 Å². The maximum Gasteiger partial charge on any atom is 0.331 e. The lowest BCUT2D eigenvalue weighted by atomic mass is 10.2. The van der Waals surface area contributed by atoms with Crippen LogP contribution in [0.5, 0.6) is 5.75 Å². The molecule has 0 saturated heterocycles. The second kappa shape index (κ2) is 7.77. The number of Topliss-reactive ketones (excluding diaryl/α,β-unsaturated/α-hetero) is 1. The minimum atomic E-state index is -0.577. The summed E-state index contributed by atoms with van der Waals surface area (Å²) in [6, 6.07) is 10.4. The van der Waals surface area contributed by atoms with Crippen LogP contribution in [0.25, 0.3) is 6.08 Å². The number of halogens is 1. The molecule has 0 aliphatic rings. The van der Waals surface area contributed by atoms with Gasteiger partial charge < -0.3 is 9.47 Å². The molecule has 0 amide bonds. The van der Waals surface area contributed by atoms with Gasteiger partial charge >= 0.3 is 5.97 Å². The largest absolute Gasteiger partial charge is 0.497 e. The number of methoxy groups -OCH3 is 1. The van der Waals surface area contributed by atoms with Crippen LogP contribution in [0.15, 0.2) is 42.5 Å². The average molecular weight is 337 g/mol. The molecule has 4 nitrogen and oxygen atoms in total. The van der Waals surface area contributed by atoms with Crippen molar-refractivity contribution in [3.63, 3.8) is 0 Å². The first-order chi connectivity index (χ1) is 10.6. The topological polar surface area (TPSA) is 52.6 Å². The number of hydrogen-bond acceptors (Lipinski definition) is 5. The van der Waals surface area contributed by atoms with Crippen molar-refractivity contribution in [3.8, 4) is 5.75 Å². The number of rotatable bonds is 6. The van der Waals surface area contributed by atoms with Crippen LogP contribution in [0, 0.1) is 0 Å². The number of ether oxygens (including phenoxy) is 2. The molecule has 1 aromatic carbocycles. The number of carbonyl (C=O) groups is 2. The zero-order valence-electron chi connectivity index (χ0n) is 11.7. The maximum atomic E-state index is 11.7. The molecule has 0 spiro atoms. The van der Waals surface area contributed by atoms with E-state index < -0.39 is 5.97 Å². The van der Waals surface area contributed by atoms with Gasteiger partial charge in [-0.05, 0) is 35.9 Å². The Kier molecular flexibility index (Phi) is 5.75. The van der Waals surface area contributed by atoms with Gasteiger partial charge in [-0.15, -0.1) is 11.3 Å². The molecule has 0 N–H and O–H groups in total. The van der Waals surface area contributed by atoms with Crippen molar-refractivity contribution in [3.05, 3.63) is 57.3 Å².